The lowest BCUT2D eigenvalue weighted by atomic mass is 9.84. The molecule has 17 heavy (non-hydrogen) atoms. The molecule has 0 aromatic carbocycles. The normalized spacial score (nSPS) is 16.5. The number of thiophene rings is 2. The molecule has 1 aliphatic carbocycles. The lowest BCUT2D eigenvalue weighted by molar-refractivity contribution is 0.663. The van der Waals surface area contributed by atoms with Crippen LogP contribution in [0, 0.1) is 6.92 Å². The van der Waals surface area contributed by atoms with Gasteiger partial charge in [0.2, 0.25) is 0 Å². The number of rotatable bonds is 1. The van der Waals surface area contributed by atoms with Crippen molar-refractivity contribution in [3.63, 3.8) is 0 Å². The minimum Gasteiger partial charge on any atom is -0.139 e. The highest BCUT2D eigenvalue weighted by Crippen LogP contribution is 2.55. The molecule has 88 valence electrons. The first-order valence-electron chi connectivity index (χ1n) is 5.92. The minimum absolute atomic E-state index is 0.186. The summed E-state index contributed by atoms with van der Waals surface area (Å²) in [6, 6.07) is 4.73. The van der Waals surface area contributed by atoms with Crippen molar-refractivity contribution in [2.24, 2.45) is 0 Å². The number of fused-ring (bicyclic) bond motifs is 3. The fourth-order valence-electron chi connectivity index (χ4n) is 2.58. The lowest BCUT2D eigenvalue weighted by Gasteiger charge is -2.18. The third kappa shape index (κ3) is 1.47. The Kier molecular flexibility index (Phi) is 2.36. The Morgan fingerprint density at radius 2 is 1.71 bits per heavy atom. The Hall–Kier alpha value is -0.860. The molecule has 0 aliphatic heterocycles. The van der Waals surface area contributed by atoms with Crippen LogP contribution in [-0.2, 0) is 5.41 Å². The fraction of sp³-hybridized carbons (Fsp3) is 0.333. The standard InChI is InChI=1S/C15H16S2/c1-5-6-10-8-12-14(17-10)13-11(15(12,3)4)7-9(2)16-13/h5-8H,1-4H3/b6-5+. The summed E-state index contributed by atoms with van der Waals surface area (Å²) in [5.74, 6) is 0. The average molecular weight is 260 g/mol. The van der Waals surface area contributed by atoms with E-state index in [0.717, 1.165) is 0 Å². The maximum atomic E-state index is 2.36. The molecule has 0 fully saturated rings. The first kappa shape index (κ1) is 11.2. The largest absolute Gasteiger partial charge is 0.139 e. The molecule has 0 amide bonds. The third-order valence-corrected chi connectivity index (χ3v) is 5.81. The number of hydrogen-bond acceptors (Lipinski definition) is 2. The average Bonchev–Trinajstić information content (AvgIpc) is 2.85. The van der Waals surface area contributed by atoms with Crippen LogP contribution in [0.3, 0.4) is 0 Å². The maximum absolute atomic E-state index is 2.36. The molecule has 0 nitrogen and oxygen atoms in total. The van der Waals surface area contributed by atoms with Gasteiger partial charge < -0.3 is 0 Å². The van der Waals surface area contributed by atoms with Crippen molar-refractivity contribution in [1.29, 1.82) is 0 Å². The van der Waals surface area contributed by atoms with Crippen LogP contribution in [0.5, 0.6) is 0 Å². The number of aryl methyl sites for hydroxylation is 1. The molecule has 1 aliphatic rings. The van der Waals surface area contributed by atoms with Gasteiger partial charge in [-0.3, -0.25) is 0 Å². The van der Waals surface area contributed by atoms with E-state index < -0.39 is 0 Å². The quantitative estimate of drug-likeness (QED) is 0.639. The summed E-state index contributed by atoms with van der Waals surface area (Å²) < 4.78 is 0. The molecule has 0 N–H and O–H groups in total. The zero-order valence-electron chi connectivity index (χ0n) is 10.6. The SMILES string of the molecule is C/C=C/c1cc2c(s1)-c1sc(C)cc1C2(C)C. The zero-order valence-corrected chi connectivity index (χ0v) is 12.3. The summed E-state index contributed by atoms with van der Waals surface area (Å²) >= 11 is 3.87. The van der Waals surface area contributed by atoms with Gasteiger partial charge in [0.15, 0.2) is 0 Å². The van der Waals surface area contributed by atoms with Crippen molar-refractivity contribution in [2.75, 3.05) is 0 Å². The van der Waals surface area contributed by atoms with Gasteiger partial charge in [0.25, 0.3) is 0 Å². The fourth-order valence-corrected chi connectivity index (χ4v) is 5.20. The second-order valence-corrected chi connectivity index (χ2v) is 7.46. The van der Waals surface area contributed by atoms with Gasteiger partial charge in [-0.05, 0) is 43.2 Å². The van der Waals surface area contributed by atoms with Crippen molar-refractivity contribution >= 4 is 28.7 Å². The van der Waals surface area contributed by atoms with Crippen molar-refractivity contribution in [1.82, 2.24) is 0 Å². The van der Waals surface area contributed by atoms with Crippen LogP contribution in [0.2, 0.25) is 0 Å². The van der Waals surface area contributed by atoms with E-state index in [1.54, 1.807) is 0 Å². The molecule has 2 aromatic heterocycles. The second-order valence-electron chi connectivity index (χ2n) is 5.12. The van der Waals surface area contributed by atoms with Gasteiger partial charge in [-0.2, -0.15) is 0 Å². The minimum atomic E-state index is 0.186. The molecular formula is C15H16S2. The molecular weight excluding hydrogens is 244 g/mol. The van der Waals surface area contributed by atoms with E-state index in [9.17, 15) is 0 Å². The lowest BCUT2D eigenvalue weighted by Crippen LogP contribution is -2.13. The van der Waals surface area contributed by atoms with E-state index in [0.29, 0.717) is 0 Å². The summed E-state index contributed by atoms with van der Waals surface area (Å²) in [7, 11) is 0. The van der Waals surface area contributed by atoms with Crippen LogP contribution in [0.1, 0.15) is 41.7 Å². The van der Waals surface area contributed by atoms with Crippen molar-refractivity contribution in [3.8, 4) is 9.75 Å². The summed E-state index contributed by atoms with van der Waals surface area (Å²) in [6.45, 7) is 8.97. The highest BCUT2D eigenvalue weighted by Gasteiger charge is 2.38. The molecule has 2 aromatic rings. The Morgan fingerprint density at radius 1 is 1.06 bits per heavy atom. The van der Waals surface area contributed by atoms with Gasteiger partial charge in [0.05, 0.1) is 0 Å². The Bertz CT molecular complexity index is 609. The Labute approximate surface area is 111 Å². The van der Waals surface area contributed by atoms with Crippen LogP contribution in [0.25, 0.3) is 15.8 Å². The van der Waals surface area contributed by atoms with Crippen molar-refractivity contribution < 1.29 is 0 Å². The van der Waals surface area contributed by atoms with Crippen LogP contribution in [0.15, 0.2) is 18.2 Å². The molecule has 0 saturated carbocycles. The highest BCUT2D eigenvalue weighted by molar-refractivity contribution is 7.23. The monoisotopic (exact) mass is 260 g/mol. The molecule has 2 heteroatoms. The van der Waals surface area contributed by atoms with E-state index in [2.05, 4.69) is 52.0 Å². The Balaban J connectivity index is 2.26. The smallest absolute Gasteiger partial charge is 0.0493 e. The van der Waals surface area contributed by atoms with Gasteiger partial charge >= 0.3 is 0 Å². The van der Waals surface area contributed by atoms with Crippen LogP contribution in [-0.4, -0.2) is 0 Å². The zero-order chi connectivity index (χ0) is 12.2. The third-order valence-electron chi connectivity index (χ3n) is 3.49. The maximum Gasteiger partial charge on any atom is 0.0493 e. The number of hydrogen-bond donors (Lipinski definition) is 0. The Morgan fingerprint density at radius 3 is 2.41 bits per heavy atom. The first-order valence-corrected chi connectivity index (χ1v) is 7.55. The highest BCUT2D eigenvalue weighted by atomic mass is 32.1. The van der Waals surface area contributed by atoms with Crippen molar-refractivity contribution in [3.05, 3.63) is 39.1 Å². The molecule has 0 atom stereocenters. The van der Waals surface area contributed by atoms with E-state index in [-0.39, 0.29) is 5.41 Å². The summed E-state index contributed by atoms with van der Waals surface area (Å²) in [6.07, 6.45) is 4.33. The van der Waals surface area contributed by atoms with Gasteiger partial charge in [-0.25, -0.2) is 0 Å². The van der Waals surface area contributed by atoms with Crippen LogP contribution < -0.4 is 0 Å². The summed E-state index contributed by atoms with van der Waals surface area (Å²) in [5.41, 5.74) is 3.22. The second kappa shape index (κ2) is 3.56. The molecule has 0 unspecified atom stereocenters. The van der Waals surface area contributed by atoms with Gasteiger partial charge in [-0.1, -0.05) is 19.9 Å². The van der Waals surface area contributed by atoms with Crippen molar-refractivity contribution in [2.45, 2.75) is 33.1 Å². The number of allylic oxidation sites excluding steroid dienone is 1. The molecule has 0 radical (unpaired) electrons. The van der Waals surface area contributed by atoms with Crippen LogP contribution >= 0.6 is 22.7 Å². The first-order chi connectivity index (χ1) is 8.04. The molecule has 3 rings (SSSR count). The van der Waals surface area contributed by atoms with Gasteiger partial charge in [-0.15, -0.1) is 22.7 Å². The summed E-state index contributed by atoms with van der Waals surface area (Å²) in [4.78, 5) is 5.80. The molecule has 0 saturated heterocycles. The topological polar surface area (TPSA) is 0 Å². The molecule has 0 spiro atoms. The van der Waals surface area contributed by atoms with Gasteiger partial charge in [0.1, 0.15) is 0 Å². The molecule has 0 bridgehead atoms. The van der Waals surface area contributed by atoms with E-state index >= 15 is 0 Å². The van der Waals surface area contributed by atoms with Gasteiger partial charge in [0, 0.05) is 24.9 Å². The predicted molar refractivity (Wildman–Crippen MR) is 79.2 cm³/mol. The van der Waals surface area contributed by atoms with Crippen LogP contribution in [0.4, 0.5) is 0 Å². The predicted octanol–water partition coefficient (Wildman–Crippen LogP) is 5.46. The summed E-state index contributed by atoms with van der Waals surface area (Å²) in [5, 5.41) is 0. The molecule has 2 heterocycles. The van der Waals surface area contributed by atoms with E-state index in [1.165, 1.54) is 30.6 Å². The van der Waals surface area contributed by atoms with E-state index in [4.69, 9.17) is 0 Å². The van der Waals surface area contributed by atoms with E-state index in [1.807, 2.05) is 22.7 Å².